The normalized spacial score (nSPS) is 26.1. The van der Waals surface area contributed by atoms with Crippen molar-refractivity contribution in [2.24, 2.45) is 0 Å². The Kier molecular flexibility index (Phi) is 4.29. The number of aromatic nitrogens is 1. The summed E-state index contributed by atoms with van der Waals surface area (Å²) in [6, 6.07) is 0.530. The predicted octanol–water partition coefficient (Wildman–Crippen LogP) is 3.46. The smallest absolute Gasteiger partial charge is 0.185 e. The first-order valence-corrected chi connectivity index (χ1v) is 9.45. The van der Waals surface area contributed by atoms with Gasteiger partial charge in [-0.05, 0) is 32.7 Å². The average Bonchev–Trinajstić information content (AvgIpc) is 2.77. The van der Waals surface area contributed by atoms with Crippen molar-refractivity contribution in [3.8, 4) is 0 Å². The molecule has 0 spiro atoms. The molecule has 1 atom stereocenters. The monoisotopic (exact) mass is 311 g/mol. The first kappa shape index (κ1) is 14.7. The maximum atomic E-state index is 4.96. The molecule has 5 heteroatoms. The molecule has 0 amide bonds. The lowest BCUT2D eigenvalue weighted by atomic mass is 9.98. The first-order valence-electron chi connectivity index (χ1n) is 7.65. The molecule has 2 aliphatic rings. The molecule has 0 saturated carbocycles. The van der Waals surface area contributed by atoms with Crippen LogP contribution in [0.4, 0.5) is 5.13 Å². The Bertz CT molecular complexity index is 470. The highest BCUT2D eigenvalue weighted by Gasteiger charge is 2.28. The van der Waals surface area contributed by atoms with Gasteiger partial charge < -0.3 is 10.2 Å². The third kappa shape index (κ3) is 3.00. The fourth-order valence-electron chi connectivity index (χ4n) is 3.03. The molecule has 1 unspecified atom stereocenters. The first-order chi connectivity index (χ1) is 9.59. The van der Waals surface area contributed by atoms with Gasteiger partial charge in [0.1, 0.15) is 0 Å². The molecular formula is C15H25N3S2. The standard InChI is InChI=1S/C15H25N3S2/c1-15(2)7-8-18(9-10-19-15)14-17-12-6-4-5-11(16-3)13(12)20-14/h11,16H,4-10H2,1-3H3. The van der Waals surface area contributed by atoms with Gasteiger partial charge in [0.15, 0.2) is 5.13 Å². The number of aryl methyl sites for hydroxylation is 1. The topological polar surface area (TPSA) is 28.2 Å². The van der Waals surface area contributed by atoms with Crippen molar-refractivity contribution in [3.63, 3.8) is 0 Å². The summed E-state index contributed by atoms with van der Waals surface area (Å²) in [5.41, 5.74) is 1.35. The number of anilines is 1. The van der Waals surface area contributed by atoms with Crippen LogP contribution in [-0.4, -0.2) is 35.6 Å². The van der Waals surface area contributed by atoms with Crippen molar-refractivity contribution in [2.45, 2.75) is 50.3 Å². The van der Waals surface area contributed by atoms with Gasteiger partial charge in [0, 0.05) is 34.5 Å². The van der Waals surface area contributed by atoms with Crippen LogP contribution < -0.4 is 10.2 Å². The maximum absolute atomic E-state index is 4.96. The molecule has 1 aromatic rings. The molecule has 1 N–H and O–H groups in total. The van der Waals surface area contributed by atoms with Crippen LogP contribution in [0.25, 0.3) is 0 Å². The Morgan fingerprint density at radius 2 is 2.20 bits per heavy atom. The van der Waals surface area contributed by atoms with Gasteiger partial charge in [-0.3, -0.25) is 0 Å². The molecule has 0 aromatic carbocycles. The van der Waals surface area contributed by atoms with Gasteiger partial charge in [-0.2, -0.15) is 11.8 Å². The summed E-state index contributed by atoms with van der Waals surface area (Å²) >= 11 is 4.03. The van der Waals surface area contributed by atoms with Gasteiger partial charge in [0.25, 0.3) is 0 Å². The average molecular weight is 312 g/mol. The summed E-state index contributed by atoms with van der Waals surface area (Å²) in [6.45, 7) is 7.03. The van der Waals surface area contributed by atoms with E-state index in [0.29, 0.717) is 10.8 Å². The lowest BCUT2D eigenvalue weighted by molar-refractivity contribution is 0.501. The van der Waals surface area contributed by atoms with Crippen LogP contribution >= 0.6 is 23.1 Å². The van der Waals surface area contributed by atoms with E-state index >= 15 is 0 Å². The zero-order valence-corrected chi connectivity index (χ0v) is 14.4. The number of fused-ring (bicyclic) bond motifs is 1. The van der Waals surface area contributed by atoms with Crippen LogP contribution in [0.15, 0.2) is 0 Å². The van der Waals surface area contributed by atoms with Crippen LogP contribution in [0.2, 0.25) is 0 Å². The molecule has 1 aliphatic heterocycles. The Labute approximate surface area is 130 Å². The molecule has 0 bridgehead atoms. The van der Waals surface area contributed by atoms with E-state index < -0.39 is 0 Å². The molecular weight excluding hydrogens is 286 g/mol. The van der Waals surface area contributed by atoms with E-state index in [1.54, 1.807) is 0 Å². The molecule has 1 saturated heterocycles. The Morgan fingerprint density at radius 3 is 3.00 bits per heavy atom. The number of thioether (sulfide) groups is 1. The number of thiazole rings is 1. The maximum Gasteiger partial charge on any atom is 0.185 e. The highest BCUT2D eigenvalue weighted by Crippen LogP contribution is 2.39. The van der Waals surface area contributed by atoms with E-state index in [1.807, 2.05) is 11.3 Å². The molecule has 2 heterocycles. The molecule has 20 heavy (non-hydrogen) atoms. The lowest BCUT2D eigenvalue weighted by Gasteiger charge is -2.22. The number of rotatable bonds is 2. The molecule has 112 valence electrons. The van der Waals surface area contributed by atoms with Crippen LogP contribution in [-0.2, 0) is 6.42 Å². The minimum Gasteiger partial charge on any atom is -0.347 e. The van der Waals surface area contributed by atoms with Crippen LogP contribution in [0.1, 0.15) is 49.7 Å². The second kappa shape index (κ2) is 5.85. The Hall–Kier alpha value is -0.260. The van der Waals surface area contributed by atoms with Crippen molar-refractivity contribution in [3.05, 3.63) is 10.6 Å². The van der Waals surface area contributed by atoms with E-state index in [0.717, 1.165) is 19.5 Å². The third-order valence-corrected chi connectivity index (χ3v) is 7.04. The van der Waals surface area contributed by atoms with Gasteiger partial charge in [0.2, 0.25) is 0 Å². The van der Waals surface area contributed by atoms with E-state index in [-0.39, 0.29) is 0 Å². The molecule has 3 rings (SSSR count). The Balaban J connectivity index is 1.79. The Morgan fingerprint density at radius 1 is 1.35 bits per heavy atom. The zero-order valence-electron chi connectivity index (χ0n) is 12.7. The van der Waals surface area contributed by atoms with Gasteiger partial charge in [-0.25, -0.2) is 4.98 Å². The minimum absolute atomic E-state index is 0.416. The van der Waals surface area contributed by atoms with Gasteiger partial charge >= 0.3 is 0 Å². The number of hydrogen-bond acceptors (Lipinski definition) is 5. The third-order valence-electron chi connectivity index (χ3n) is 4.40. The molecule has 3 nitrogen and oxygen atoms in total. The lowest BCUT2D eigenvalue weighted by Crippen LogP contribution is -2.26. The molecule has 1 fully saturated rings. The highest BCUT2D eigenvalue weighted by molar-refractivity contribution is 8.00. The fraction of sp³-hybridized carbons (Fsp3) is 0.800. The van der Waals surface area contributed by atoms with E-state index in [4.69, 9.17) is 4.98 Å². The van der Waals surface area contributed by atoms with Gasteiger partial charge in [-0.1, -0.05) is 25.2 Å². The summed E-state index contributed by atoms with van der Waals surface area (Å²) in [6.07, 6.45) is 4.94. The highest BCUT2D eigenvalue weighted by atomic mass is 32.2. The molecule has 0 radical (unpaired) electrons. The fourth-order valence-corrected chi connectivity index (χ4v) is 5.44. The minimum atomic E-state index is 0.416. The van der Waals surface area contributed by atoms with Crippen molar-refractivity contribution >= 4 is 28.2 Å². The number of nitrogens with one attached hydrogen (secondary N) is 1. The van der Waals surface area contributed by atoms with Crippen molar-refractivity contribution in [2.75, 3.05) is 30.8 Å². The van der Waals surface area contributed by atoms with Crippen LogP contribution in [0.3, 0.4) is 0 Å². The van der Waals surface area contributed by atoms with Crippen molar-refractivity contribution in [1.29, 1.82) is 0 Å². The van der Waals surface area contributed by atoms with E-state index in [9.17, 15) is 0 Å². The van der Waals surface area contributed by atoms with Crippen molar-refractivity contribution < 1.29 is 0 Å². The number of hydrogen-bond donors (Lipinski definition) is 1. The molecule has 1 aromatic heterocycles. The van der Waals surface area contributed by atoms with Gasteiger partial charge in [-0.15, -0.1) is 0 Å². The quantitative estimate of drug-likeness (QED) is 0.905. The summed E-state index contributed by atoms with van der Waals surface area (Å²) in [7, 11) is 2.07. The summed E-state index contributed by atoms with van der Waals surface area (Å²) in [4.78, 5) is 8.96. The van der Waals surface area contributed by atoms with E-state index in [1.165, 1.54) is 40.7 Å². The number of nitrogens with zero attached hydrogens (tertiary/aromatic N) is 2. The predicted molar refractivity (Wildman–Crippen MR) is 90.2 cm³/mol. The summed E-state index contributed by atoms with van der Waals surface area (Å²) < 4.78 is 0.416. The second-order valence-electron chi connectivity index (χ2n) is 6.39. The van der Waals surface area contributed by atoms with E-state index in [2.05, 4.69) is 42.9 Å². The second-order valence-corrected chi connectivity index (χ2v) is 9.20. The zero-order chi connectivity index (χ0) is 14.2. The SMILES string of the molecule is CNC1CCCc2nc(N3CCSC(C)(C)CC3)sc21. The summed E-state index contributed by atoms with van der Waals surface area (Å²) in [5, 5.41) is 4.71. The van der Waals surface area contributed by atoms with Crippen LogP contribution in [0, 0.1) is 0 Å². The van der Waals surface area contributed by atoms with Crippen LogP contribution in [0.5, 0.6) is 0 Å². The molecule has 1 aliphatic carbocycles. The largest absolute Gasteiger partial charge is 0.347 e. The van der Waals surface area contributed by atoms with Crippen molar-refractivity contribution in [1.82, 2.24) is 10.3 Å². The summed E-state index contributed by atoms with van der Waals surface area (Å²) in [5.74, 6) is 1.21. The van der Waals surface area contributed by atoms with Gasteiger partial charge in [0.05, 0.1) is 5.69 Å².